The van der Waals surface area contributed by atoms with Gasteiger partial charge in [-0.25, -0.2) is 0 Å². The molecule has 2 nitrogen and oxygen atoms in total. The number of hydrogen-bond donors (Lipinski definition) is 2. The first-order valence-corrected chi connectivity index (χ1v) is 4.04. The van der Waals surface area contributed by atoms with Crippen molar-refractivity contribution in [2.24, 2.45) is 11.7 Å². The third kappa shape index (κ3) is 3.85. The molecule has 0 heterocycles. The summed E-state index contributed by atoms with van der Waals surface area (Å²) in [6.07, 6.45) is 0. The fourth-order valence-electron chi connectivity index (χ4n) is 0.894. The molecule has 0 spiro atoms. The lowest BCUT2D eigenvalue weighted by Crippen LogP contribution is -2.39. The van der Waals surface area contributed by atoms with E-state index in [-0.39, 0.29) is 0 Å². The average molecular weight is 144 g/mol. The number of hydrogen-bond acceptors (Lipinski definition) is 2. The Kier molecular flexibility index (Phi) is 4.65. The highest BCUT2D eigenvalue weighted by atomic mass is 14.9. The first-order valence-electron chi connectivity index (χ1n) is 4.04. The second-order valence-corrected chi connectivity index (χ2v) is 3.32. The predicted molar refractivity (Wildman–Crippen MR) is 46.0 cm³/mol. The van der Waals surface area contributed by atoms with Crippen LogP contribution in [0.25, 0.3) is 0 Å². The lowest BCUT2D eigenvalue weighted by atomic mass is 10.0. The average Bonchev–Trinajstić information content (AvgIpc) is 1.85. The maximum Gasteiger partial charge on any atom is 0.00787 e. The van der Waals surface area contributed by atoms with Gasteiger partial charge in [0.25, 0.3) is 0 Å². The smallest absolute Gasteiger partial charge is 0.00787 e. The van der Waals surface area contributed by atoms with Crippen molar-refractivity contribution in [1.82, 2.24) is 5.32 Å². The minimum atomic E-state index is 0.532. The molecule has 0 amide bonds. The first-order chi connectivity index (χ1) is 4.57. The van der Waals surface area contributed by atoms with E-state index in [1.165, 1.54) is 0 Å². The highest BCUT2D eigenvalue weighted by Crippen LogP contribution is 1.99. The Morgan fingerprint density at radius 1 is 1.20 bits per heavy atom. The molecule has 0 saturated carbocycles. The van der Waals surface area contributed by atoms with Crippen molar-refractivity contribution in [2.75, 3.05) is 6.54 Å². The van der Waals surface area contributed by atoms with Gasteiger partial charge in [0.15, 0.2) is 0 Å². The number of nitrogens with two attached hydrogens (primary N) is 1. The third-order valence-electron chi connectivity index (χ3n) is 1.82. The lowest BCUT2D eigenvalue weighted by molar-refractivity contribution is 0.380. The molecule has 0 radical (unpaired) electrons. The van der Waals surface area contributed by atoms with Gasteiger partial charge in [0.2, 0.25) is 0 Å². The molecule has 0 aromatic rings. The van der Waals surface area contributed by atoms with E-state index in [1.807, 2.05) is 0 Å². The van der Waals surface area contributed by atoms with Gasteiger partial charge in [-0.05, 0) is 19.4 Å². The van der Waals surface area contributed by atoms with E-state index in [2.05, 4.69) is 33.0 Å². The van der Waals surface area contributed by atoms with Crippen LogP contribution in [0.2, 0.25) is 0 Å². The van der Waals surface area contributed by atoms with Crippen LogP contribution < -0.4 is 11.1 Å². The third-order valence-corrected chi connectivity index (χ3v) is 1.82. The monoisotopic (exact) mass is 144 g/mol. The van der Waals surface area contributed by atoms with Crippen LogP contribution in [0.15, 0.2) is 0 Å². The van der Waals surface area contributed by atoms with Gasteiger partial charge in [-0.1, -0.05) is 20.8 Å². The van der Waals surface area contributed by atoms with Crippen molar-refractivity contribution >= 4 is 0 Å². The highest BCUT2D eigenvalue weighted by molar-refractivity contribution is 4.70. The van der Waals surface area contributed by atoms with Crippen LogP contribution in [0.1, 0.15) is 27.7 Å². The summed E-state index contributed by atoms with van der Waals surface area (Å²) in [6, 6.07) is 1.09. The molecule has 2 unspecified atom stereocenters. The summed E-state index contributed by atoms with van der Waals surface area (Å²) < 4.78 is 0. The number of nitrogens with one attached hydrogen (secondary N) is 1. The largest absolute Gasteiger partial charge is 0.330 e. The van der Waals surface area contributed by atoms with Crippen LogP contribution in [0.4, 0.5) is 0 Å². The van der Waals surface area contributed by atoms with Gasteiger partial charge < -0.3 is 11.1 Å². The minimum Gasteiger partial charge on any atom is -0.330 e. The van der Waals surface area contributed by atoms with Crippen molar-refractivity contribution in [1.29, 1.82) is 0 Å². The summed E-state index contributed by atoms with van der Waals surface area (Å²) in [6.45, 7) is 9.41. The fourth-order valence-corrected chi connectivity index (χ4v) is 0.894. The Morgan fingerprint density at radius 3 is 2.00 bits per heavy atom. The summed E-state index contributed by atoms with van der Waals surface area (Å²) in [5, 5.41) is 3.41. The zero-order valence-electron chi connectivity index (χ0n) is 7.52. The zero-order valence-corrected chi connectivity index (χ0v) is 7.52. The van der Waals surface area contributed by atoms with E-state index in [4.69, 9.17) is 5.73 Å². The van der Waals surface area contributed by atoms with Crippen LogP contribution in [0, 0.1) is 5.92 Å². The van der Waals surface area contributed by atoms with Crippen molar-refractivity contribution in [3.05, 3.63) is 0 Å². The van der Waals surface area contributed by atoms with Gasteiger partial charge in [0, 0.05) is 12.1 Å². The Morgan fingerprint density at radius 2 is 1.70 bits per heavy atom. The summed E-state index contributed by atoms with van der Waals surface area (Å²) >= 11 is 0. The second-order valence-electron chi connectivity index (χ2n) is 3.32. The maximum atomic E-state index is 5.51. The Labute approximate surface area is 64.2 Å². The molecule has 0 saturated heterocycles. The van der Waals surface area contributed by atoms with E-state index < -0.39 is 0 Å². The molecule has 0 aliphatic carbocycles. The lowest BCUT2D eigenvalue weighted by Gasteiger charge is -2.21. The van der Waals surface area contributed by atoms with Crippen molar-refractivity contribution in [3.63, 3.8) is 0 Å². The van der Waals surface area contributed by atoms with Gasteiger partial charge in [-0.3, -0.25) is 0 Å². The topological polar surface area (TPSA) is 38.0 Å². The highest BCUT2D eigenvalue weighted by Gasteiger charge is 2.09. The first kappa shape index (κ1) is 9.92. The van der Waals surface area contributed by atoms with E-state index >= 15 is 0 Å². The van der Waals surface area contributed by atoms with Gasteiger partial charge in [-0.2, -0.15) is 0 Å². The second kappa shape index (κ2) is 4.69. The normalized spacial score (nSPS) is 17.4. The maximum absolute atomic E-state index is 5.51. The van der Waals surface area contributed by atoms with Crippen molar-refractivity contribution in [2.45, 2.75) is 39.8 Å². The summed E-state index contributed by atoms with van der Waals surface area (Å²) in [5.74, 6) is 0.572. The quantitative estimate of drug-likeness (QED) is 0.617. The molecule has 10 heavy (non-hydrogen) atoms. The van der Waals surface area contributed by atoms with Crippen LogP contribution in [0.3, 0.4) is 0 Å². The molecule has 0 fully saturated rings. The van der Waals surface area contributed by atoms with Crippen LogP contribution >= 0.6 is 0 Å². The van der Waals surface area contributed by atoms with Gasteiger partial charge >= 0.3 is 0 Å². The molecule has 62 valence electrons. The van der Waals surface area contributed by atoms with E-state index in [0.717, 1.165) is 6.54 Å². The summed E-state index contributed by atoms with van der Waals surface area (Å²) in [7, 11) is 0. The zero-order chi connectivity index (χ0) is 8.15. The van der Waals surface area contributed by atoms with E-state index in [0.29, 0.717) is 18.0 Å². The molecule has 0 rings (SSSR count). The molecular formula is C8H20N2. The number of rotatable bonds is 4. The minimum absolute atomic E-state index is 0.532. The molecule has 0 aromatic carbocycles. The Balaban J connectivity index is 3.50. The SMILES string of the molecule is CC(C)NC(C)C(C)CN. The van der Waals surface area contributed by atoms with Crippen molar-refractivity contribution < 1.29 is 0 Å². The molecule has 0 aromatic heterocycles. The molecule has 2 heteroatoms. The van der Waals surface area contributed by atoms with Gasteiger partial charge in [-0.15, -0.1) is 0 Å². The molecule has 3 N–H and O–H groups in total. The van der Waals surface area contributed by atoms with Crippen LogP contribution in [-0.2, 0) is 0 Å². The molecular weight excluding hydrogens is 124 g/mol. The molecule has 0 bridgehead atoms. The summed E-state index contributed by atoms with van der Waals surface area (Å²) in [4.78, 5) is 0. The Hall–Kier alpha value is -0.0800. The summed E-state index contributed by atoms with van der Waals surface area (Å²) in [5.41, 5.74) is 5.51. The molecule has 2 atom stereocenters. The predicted octanol–water partition coefficient (Wildman–Crippen LogP) is 0.968. The molecule has 0 aliphatic rings. The van der Waals surface area contributed by atoms with Crippen molar-refractivity contribution in [3.8, 4) is 0 Å². The fraction of sp³-hybridized carbons (Fsp3) is 1.00. The van der Waals surface area contributed by atoms with Gasteiger partial charge in [0.1, 0.15) is 0 Å². The van der Waals surface area contributed by atoms with Gasteiger partial charge in [0.05, 0.1) is 0 Å². The van der Waals surface area contributed by atoms with E-state index in [1.54, 1.807) is 0 Å². The molecule has 0 aliphatic heterocycles. The van der Waals surface area contributed by atoms with Crippen LogP contribution in [-0.4, -0.2) is 18.6 Å². The standard InChI is InChI=1S/C8H20N2/c1-6(2)10-8(4)7(3)5-9/h6-8,10H,5,9H2,1-4H3. The van der Waals surface area contributed by atoms with E-state index in [9.17, 15) is 0 Å². The Bertz CT molecular complexity index is 81.3. The van der Waals surface area contributed by atoms with Crippen LogP contribution in [0.5, 0.6) is 0 Å².